The highest BCUT2D eigenvalue weighted by molar-refractivity contribution is 6.33. The molecule has 0 aliphatic rings. The van der Waals surface area contributed by atoms with Crippen LogP contribution >= 0.6 is 23.2 Å². The number of aromatic nitrogens is 4. The molecule has 11 heteroatoms. The molecule has 0 saturated carbocycles. The lowest BCUT2D eigenvalue weighted by Gasteiger charge is -2.06. The van der Waals surface area contributed by atoms with Crippen LogP contribution in [0.2, 0.25) is 10.0 Å². The van der Waals surface area contributed by atoms with Crippen LogP contribution in [-0.4, -0.2) is 44.8 Å². The summed E-state index contributed by atoms with van der Waals surface area (Å²) in [5, 5.41) is 13.8. The van der Waals surface area contributed by atoms with Crippen LogP contribution in [0.4, 0.5) is 0 Å². The third-order valence-corrected chi connectivity index (χ3v) is 3.91. The van der Waals surface area contributed by atoms with Gasteiger partial charge in [0, 0.05) is 19.3 Å². The molecule has 0 aliphatic carbocycles. The molecule has 0 aliphatic heterocycles. The second-order valence-corrected chi connectivity index (χ2v) is 6.21. The maximum atomic E-state index is 12.0. The van der Waals surface area contributed by atoms with Gasteiger partial charge < -0.3 is 15.2 Å². The van der Waals surface area contributed by atoms with Crippen molar-refractivity contribution in [3.63, 3.8) is 0 Å². The van der Waals surface area contributed by atoms with Crippen LogP contribution < -0.4 is 10.6 Å². The van der Waals surface area contributed by atoms with Crippen LogP contribution in [-0.2, 0) is 6.54 Å². The van der Waals surface area contributed by atoms with E-state index in [1.165, 1.54) is 10.9 Å². The molecule has 0 saturated heterocycles. The van der Waals surface area contributed by atoms with Gasteiger partial charge in [-0.2, -0.15) is 10.1 Å². The number of carbonyl (C=O) groups excluding carboxylic acids is 2. The molecular weight excluding hydrogens is 395 g/mol. The summed E-state index contributed by atoms with van der Waals surface area (Å²) in [6, 6.07) is 6.69. The van der Waals surface area contributed by atoms with E-state index in [1.807, 2.05) is 0 Å². The minimum Gasteiger partial charge on any atom is -0.350 e. The van der Waals surface area contributed by atoms with Crippen molar-refractivity contribution >= 4 is 35.0 Å². The number of hydrogen-bond acceptors (Lipinski definition) is 6. The topological polar surface area (TPSA) is 115 Å². The molecule has 0 bridgehead atoms. The Morgan fingerprint density at radius 2 is 1.85 bits per heavy atom. The molecule has 0 unspecified atom stereocenters. The Morgan fingerprint density at radius 1 is 1.11 bits per heavy atom. The molecule has 2 amide bonds. The molecule has 0 spiro atoms. The molecule has 3 rings (SSSR count). The highest BCUT2D eigenvalue weighted by atomic mass is 35.5. The smallest absolute Gasteiger partial charge is 0.316 e. The van der Waals surface area contributed by atoms with Gasteiger partial charge in [0.2, 0.25) is 0 Å². The quantitative estimate of drug-likeness (QED) is 0.575. The average molecular weight is 409 g/mol. The van der Waals surface area contributed by atoms with Gasteiger partial charge in [0.05, 0.1) is 21.8 Å². The van der Waals surface area contributed by atoms with E-state index >= 15 is 0 Å². The standard InChI is InChI=1S/C16H14Cl2N6O3/c17-10-7-21-24(8-10)9-13-22-16(27-23-13)15(26)20-6-5-19-14(25)11-3-1-2-4-12(11)18/h1-4,7-8H,5-6,9H2,(H,19,25)(H,20,26). The molecule has 1 aromatic carbocycles. The molecule has 0 fully saturated rings. The van der Waals surface area contributed by atoms with Crippen molar-refractivity contribution in [2.75, 3.05) is 13.1 Å². The number of nitrogens with one attached hydrogen (secondary N) is 2. The average Bonchev–Trinajstić information content (AvgIpc) is 3.28. The minimum atomic E-state index is -0.542. The summed E-state index contributed by atoms with van der Waals surface area (Å²) in [5.41, 5.74) is 0.366. The number of rotatable bonds is 7. The highest BCUT2D eigenvalue weighted by Gasteiger charge is 2.15. The SMILES string of the molecule is O=C(NCCNC(=O)c1ccccc1Cl)c1nc(Cn2cc(Cl)cn2)no1. The van der Waals surface area contributed by atoms with Crippen LogP contribution in [0.1, 0.15) is 26.9 Å². The van der Waals surface area contributed by atoms with Crippen molar-refractivity contribution < 1.29 is 14.1 Å². The minimum absolute atomic E-state index is 0.180. The van der Waals surface area contributed by atoms with E-state index in [4.69, 9.17) is 27.7 Å². The molecular formula is C16H14Cl2N6O3. The number of benzene rings is 1. The second-order valence-electron chi connectivity index (χ2n) is 5.36. The van der Waals surface area contributed by atoms with Crippen molar-refractivity contribution in [2.24, 2.45) is 0 Å². The summed E-state index contributed by atoms with van der Waals surface area (Å²) in [6.07, 6.45) is 3.07. The third-order valence-electron chi connectivity index (χ3n) is 3.38. The predicted octanol–water partition coefficient (Wildman–Crippen LogP) is 1.78. The van der Waals surface area contributed by atoms with E-state index in [2.05, 4.69) is 25.9 Å². The number of carbonyl (C=O) groups is 2. The summed E-state index contributed by atoms with van der Waals surface area (Å²) in [7, 11) is 0. The Labute approximate surface area is 163 Å². The van der Waals surface area contributed by atoms with Crippen molar-refractivity contribution in [1.29, 1.82) is 0 Å². The Kier molecular flexibility index (Phi) is 6.05. The molecule has 0 radical (unpaired) electrons. The van der Waals surface area contributed by atoms with Gasteiger partial charge in [-0.25, -0.2) is 0 Å². The first kappa shape index (κ1) is 18.9. The van der Waals surface area contributed by atoms with E-state index in [9.17, 15) is 9.59 Å². The zero-order valence-electron chi connectivity index (χ0n) is 13.9. The van der Waals surface area contributed by atoms with Crippen LogP contribution in [0.3, 0.4) is 0 Å². The summed E-state index contributed by atoms with van der Waals surface area (Å²) in [6.45, 7) is 0.613. The van der Waals surface area contributed by atoms with Crippen molar-refractivity contribution in [3.8, 4) is 0 Å². The number of nitrogens with zero attached hydrogens (tertiary/aromatic N) is 4. The van der Waals surface area contributed by atoms with Gasteiger partial charge in [0.1, 0.15) is 6.54 Å². The van der Waals surface area contributed by atoms with E-state index in [0.29, 0.717) is 15.6 Å². The molecule has 2 heterocycles. The highest BCUT2D eigenvalue weighted by Crippen LogP contribution is 2.14. The Hall–Kier alpha value is -2.91. The second kappa shape index (κ2) is 8.65. The van der Waals surface area contributed by atoms with Gasteiger partial charge in [-0.15, -0.1) is 0 Å². The van der Waals surface area contributed by atoms with Gasteiger partial charge in [0.25, 0.3) is 5.91 Å². The monoisotopic (exact) mass is 408 g/mol. The van der Waals surface area contributed by atoms with Gasteiger partial charge in [0.15, 0.2) is 5.82 Å². The fourth-order valence-electron chi connectivity index (χ4n) is 2.15. The Balaban J connectivity index is 1.44. The Bertz CT molecular complexity index is 955. The van der Waals surface area contributed by atoms with Crippen molar-refractivity contribution in [3.05, 3.63) is 64.0 Å². The number of hydrogen-bond donors (Lipinski definition) is 2. The van der Waals surface area contributed by atoms with E-state index in [0.717, 1.165) is 0 Å². The van der Waals surface area contributed by atoms with Crippen LogP contribution in [0.5, 0.6) is 0 Å². The molecule has 140 valence electrons. The lowest BCUT2D eigenvalue weighted by Crippen LogP contribution is -2.34. The number of halogens is 2. The molecule has 27 heavy (non-hydrogen) atoms. The lowest BCUT2D eigenvalue weighted by molar-refractivity contribution is 0.0898. The first-order valence-electron chi connectivity index (χ1n) is 7.84. The van der Waals surface area contributed by atoms with Crippen LogP contribution in [0.25, 0.3) is 0 Å². The lowest BCUT2D eigenvalue weighted by atomic mass is 10.2. The zero-order chi connectivity index (χ0) is 19.2. The molecule has 3 aromatic rings. The summed E-state index contributed by atoms with van der Waals surface area (Å²) >= 11 is 11.7. The predicted molar refractivity (Wildman–Crippen MR) is 96.8 cm³/mol. The third kappa shape index (κ3) is 5.05. The maximum absolute atomic E-state index is 12.0. The number of amides is 2. The van der Waals surface area contributed by atoms with Gasteiger partial charge >= 0.3 is 11.8 Å². The summed E-state index contributed by atoms with van der Waals surface area (Å²) in [4.78, 5) is 28.0. The van der Waals surface area contributed by atoms with Crippen LogP contribution in [0.15, 0.2) is 41.2 Å². The molecule has 2 N–H and O–H groups in total. The van der Waals surface area contributed by atoms with Crippen molar-refractivity contribution in [1.82, 2.24) is 30.6 Å². The first-order chi connectivity index (χ1) is 13.0. The zero-order valence-corrected chi connectivity index (χ0v) is 15.4. The summed E-state index contributed by atoms with van der Waals surface area (Å²) < 4.78 is 6.43. The normalized spacial score (nSPS) is 10.6. The van der Waals surface area contributed by atoms with E-state index in [-0.39, 0.29) is 37.3 Å². The van der Waals surface area contributed by atoms with Gasteiger partial charge in [-0.3, -0.25) is 14.3 Å². The fraction of sp³-hybridized carbons (Fsp3) is 0.188. The Morgan fingerprint density at radius 3 is 2.56 bits per heavy atom. The van der Waals surface area contributed by atoms with Crippen LogP contribution in [0, 0.1) is 0 Å². The van der Waals surface area contributed by atoms with Gasteiger partial charge in [-0.1, -0.05) is 40.5 Å². The molecule has 2 aromatic heterocycles. The van der Waals surface area contributed by atoms with Crippen molar-refractivity contribution in [2.45, 2.75) is 6.54 Å². The summed E-state index contributed by atoms with van der Waals surface area (Å²) in [5.74, 6) is -0.764. The van der Waals surface area contributed by atoms with E-state index in [1.54, 1.807) is 30.5 Å². The first-order valence-corrected chi connectivity index (χ1v) is 8.60. The fourth-order valence-corrected chi connectivity index (χ4v) is 2.53. The van der Waals surface area contributed by atoms with Gasteiger partial charge in [-0.05, 0) is 12.1 Å². The van der Waals surface area contributed by atoms with E-state index < -0.39 is 5.91 Å². The largest absolute Gasteiger partial charge is 0.350 e. The molecule has 0 atom stereocenters. The maximum Gasteiger partial charge on any atom is 0.316 e. The molecule has 9 nitrogen and oxygen atoms in total.